The van der Waals surface area contributed by atoms with Crippen LogP contribution in [0, 0.1) is 5.92 Å². The van der Waals surface area contributed by atoms with Gasteiger partial charge >= 0.3 is 5.97 Å². The third-order valence-corrected chi connectivity index (χ3v) is 5.54. The first-order chi connectivity index (χ1) is 9.71. The molecule has 7 nitrogen and oxygen atoms in total. The van der Waals surface area contributed by atoms with E-state index in [1.165, 1.54) is 16.1 Å². The molecular weight excluding hydrogens is 296 g/mol. The van der Waals surface area contributed by atoms with Crippen molar-refractivity contribution in [3.8, 4) is 0 Å². The van der Waals surface area contributed by atoms with E-state index in [0.717, 1.165) is 19.1 Å². The number of aliphatic carboxylic acids is 1. The molecule has 1 aliphatic carbocycles. The minimum Gasteiger partial charge on any atom is -0.480 e. The predicted molar refractivity (Wildman–Crippen MR) is 76.1 cm³/mol. The molecule has 2 rings (SSSR count). The average Bonchev–Trinajstić information content (AvgIpc) is 3.22. The highest BCUT2D eigenvalue weighted by molar-refractivity contribution is 7.88. The van der Waals surface area contributed by atoms with Gasteiger partial charge < -0.3 is 10.0 Å². The lowest BCUT2D eigenvalue weighted by molar-refractivity contribution is -0.152. The summed E-state index contributed by atoms with van der Waals surface area (Å²) >= 11 is 0. The van der Waals surface area contributed by atoms with Crippen LogP contribution < -0.4 is 0 Å². The summed E-state index contributed by atoms with van der Waals surface area (Å²) in [6.07, 6.45) is 3.79. The van der Waals surface area contributed by atoms with Crippen molar-refractivity contribution in [3.63, 3.8) is 0 Å². The van der Waals surface area contributed by atoms with Crippen molar-refractivity contribution in [2.24, 2.45) is 5.92 Å². The number of carboxylic acids is 1. The van der Waals surface area contributed by atoms with Crippen LogP contribution in [0.15, 0.2) is 0 Å². The molecule has 0 radical (unpaired) electrons. The fourth-order valence-corrected chi connectivity index (χ4v) is 3.68. The van der Waals surface area contributed by atoms with Gasteiger partial charge in [0.15, 0.2) is 0 Å². The lowest BCUT2D eigenvalue weighted by atomic mass is 9.95. The van der Waals surface area contributed by atoms with Gasteiger partial charge in [-0.2, -0.15) is 0 Å². The molecule has 1 aliphatic heterocycles. The molecule has 1 saturated carbocycles. The molecule has 8 heteroatoms. The number of hydrogen-bond donors (Lipinski definition) is 1. The van der Waals surface area contributed by atoms with E-state index in [4.69, 9.17) is 5.11 Å². The van der Waals surface area contributed by atoms with Gasteiger partial charge in [-0.05, 0) is 32.6 Å². The molecule has 1 N–H and O–H groups in total. The Morgan fingerprint density at radius 2 is 1.71 bits per heavy atom. The number of rotatable bonds is 5. The van der Waals surface area contributed by atoms with Gasteiger partial charge in [0.05, 0.1) is 6.26 Å². The molecule has 0 spiro atoms. The summed E-state index contributed by atoms with van der Waals surface area (Å²) < 4.78 is 24.3. The standard InChI is InChI=1S/C13H22N2O5S/c1-9(13(17)18)15(11-3-4-11)12(16)10-5-7-14(8-6-10)21(2,19)20/h9-11H,3-8H2,1-2H3,(H,17,18). The van der Waals surface area contributed by atoms with Crippen molar-refractivity contribution in [2.45, 2.75) is 44.7 Å². The van der Waals surface area contributed by atoms with Crippen molar-refractivity contribution in [2.75, 3.05) is 19.3 Å². The molecule has 0 aromatic carbocycles. The van der Waals surface area contributed by atoms with Gasteiger partial charge in [0, 0.05) is 25.0 Å². The monoisotopic (exact) mass is 318 g/mol. The minimum absolute atomic E-state index is 0.0385. The maximum absolute atomic E-state index is 12.6. The SMILES string of the molecule is CC(C(=O)O)N(C(=O)C1CCN(S(C)(=O)=O)CC1)C1CC1. The van der Waals surface area contributed by atoms with Gasteiger partial charge in [-0.3, -0.25) is 4.79 Å². The van der Waals surface area contributed by atoms with Crippen LogP contribution in [0.5, 0.6) is 0 Å². The van der Waals surface area contributed by atoms with E-state index < -0.39 is 22.0 Å². The number of sulfonamides is 1. The van der Waals surface area contributed by atoms with E-state index >= 15 is 0 Å². The summed E-state index contributed by atoms with van der Waals surface area (Å²) in [6, 6.07) is -0.783. The second kappa shape index (κ2) is 5.92. The third-order valence-electron chi connectivity index (χ3n) is 4.24. The minimum atomic E-state index is -3.21. The molecule has 1 amide bonds. The van der Waals surface area contributed by atoms with E-state index in [2.05, 4.69) is 0 Å². The van der Waals surface area contributed by atoms with Gasteiger partial charge in [-0.15, -0.1) is 0 Å². The van der Waals surface area contributed by atoms with E-state index in [-0.39, 0.29) is 17.9 Å². The number of carboxylic acid groups (broad SMARTS) is 1. The summed E-state index contributed by atoms with van der Waals surface area (Å²) in [5.41, 5.74) is 0. The topological polar surface area (TPSA) is 95.0 Å². The summed E-state index contributed by atoms with van der Waals surface area (Å²) in [5, 5.41) is 9.14. The Kier molecular flexibility index (Phi) is 4.57. The number of carbonyl (C=O) groups is 2. The number of amides is 1. The quantitative estimate of drug-likeness (QED) is 0.777. The van der Waals surface area contributed by atoms with Crippen molar-refractivity contribution in [3.05, 3.63) is 0 Å². The molecule has 21 heavy (non-hydrogen) atoms. The Morgan fingerprint density at radius 3 is 2.10 bits per heavy atom. The van der Waals surface area contributed by atoms with Crippen molar-refractivity contribution >= 4 is 21.9 Å². The summed E-state index contributed by atoms with van der Waals surface area (Å²) in [5.74, 6) is -1.41. The summed E-state index contributed by atoms with van der Waals surface area (Å²) in [6.45, 7) is 2.19. The Balaban J connectivity index is 2.01. The van der Waals surface area contributed by atoms with Gasteiger partial charge in [0.1, 0.15) is 6.04 Å². The fourth-order valence-electron chi connectivity index (χ4n) is 2.80. The van der Waals surface area contributed by atoms with Crippen LogP contribution in [0.25, 0.3) is 0 Å². The second-order valence-corrected chi connectivity index (χ2v) is 7.91. The molecule has 2 aliphatic rings. The summed E-state index contributed by atoms with van der Waals surface area (Å²) in [7, 11) is -3.21. The molecule has 1 saturated heterocycles. The zero-order valence-electron chi connectivity index (χ0n) is 12.4. The lowest BCUT2D eigenvalue weighted by Crippen LogP contribution is -2.50. The predicted octanol–water partition coefficient (Wildman–Crippen LogP) is 0.122. The summed E-state index contributed by atoms with van der Waals surface area (Å²) in [4.78, 5) is 25.2. The number of hydrogen-bond acceptors (Lipinski definition) is 4. The Morgan fingerprint density at radius 1 is 1.19 bits per heavy atom. The van der Waals surface area contributed by atoms with Crippen LogP contribution >= 0.6 is 0 Å². The van der Waals surface area contributed by atoms with Gasteiger partial charge in [-0.1, -0.05) is 0 Å². The van der Waals surface area contributed by atoms with Crippen molar-refractivity contribution < 1.29 is 23.1 Å². The first kappa shape index (κ1) is 16.2. The first-order valence-electron chi connectivity index (χ1n) is 7.22. The van der Waals surface area contributed by atoms with Gasteiger partial charge in [-0.25, -0.2) is 17.5 Å². The fraction of sp³-hybridized carbons (Fsp3) is 0.846. The Bertz CT molecular complexity index is 521. The number of piperidine rings is 1. The number of nitrogens with zero attached hydrogens (tertiary/aromatic N) is 2. The van der Waals surface area contributed by atoms with E-state index in [1.807, 2.05) is 0 Å². The molecule has 0 bridgehead atoms. The molecule has 120 valence electrons. The smallest absolute Gasteiger partial charge is 0.326 e. The Hall–Kier alpha value is -1.15. The van der Waals surface area contributed by atoms with Crippen LogP contribution in [0.4, 0.5) is 0 Å². The van der Waals surface area contributed by atoms with Gasteiger partial charge in [0.25, 0.3) is 0 Å². The molecule has 1 heterocycles. The maximum Gasteiger partial charge on any atom is 0.326 e. The van der Waals surface area contributed by atoms with Crippen LogP contribution in [0.2, 0.25) is 0 Å². The van der Waals surface area contributed by atoms with E-state index in [0.29, 0.717) is 25.9 Å². The first-order valence-corrected chi connectivity index (χ1v) is 9.06. The second-order valence-electron chi connectivity index (χ2n) is 5.93. The molecule has 2 fully saturated rings. The average molecular weight is 318 g/mol. The molecule has 1 atom stereocenters. The van der Waals surface area contributed by atoms with Gasteiger partial charge in [0.2, 0.25) is 15.9 Å². The molecule has 0 aromatic heterocycles. The zero-order valence-corrected chi connectivity index (χ0v) is 13.2. The lowest BCUT2D eigenvalue weighted by Gasteiger charge is -2.34. The van der Waals surface area contributed by atoms with Crippen molar-refractivity contribution in [1.82, 2.24) is 9.21 Å². The van der Waals surface area contributed by atoms with Crippen LogP contribution in [-0.4, -0.2) is 66.0 Å². The molecule has 0 aromatic rings. The van der Waals surface area contributed by atoms with Crippen LogP contribution in [0.3, 0.4) is 0 Å². The molecular formula is C13H22N2O5S. The zero-order chi connectivity index (χ0) is 15.8. The van der Waals surface area contributed by atoms with E-state index in [9.17, 15) is 18.0 Å². The largest absolute Gasteiger partial charge is 0.480 e. The Labute approximate surface area is 125 Å². The highest BCUT2D eigenvalue weighted by Crippen LogP contribution is 2.32. The van der Waals surface area contributed by atoms with Crippen LogP contribution in [0.1, 0.15) is 32.6 Å². The van der Waals surface area contributed by atoms with Crippen molar-refractivity contribution in [1.29, 1.82) is 0 Å². The maximum atomic E-state index is 12.6. The normalized spacial score (nSPS) is 22.8. The highest BCUT2D eigenvalue weighted by Gasteiger charge is 2.41. The van der Waals surface area contributed by atoms with Crippen LogP contribution in [-0.2, 0) is 19.6 Å². The third kappa shape index (κ3) is 3.74. The van der Waals surface area contributed by atoms with E-state index in [1.54, 1.807) is 0 Å². The molecule has 1 unspecified atom stereocenters. The highest BCUT2D eigenvalue weighted by atomic mass is 32.2. The number of carbonyl (C=O) groups excluding carboxylic acids is 1.